The molecule has 1 saturated heterocycles. The summed E-state index contributed by atoms with van der Waals surface area (Å²) in [4.78, 5) is 52.4. The number of hydrogen-bond donors (Lipinski definition) is 1. The van der Waals surface area contributed by atoms with Gasteiger partial charge in [0.2, 0.25) is 11.8 Å². The van der Waals surface area contributed by atoms with Gasteiger partial charge in [0.1, 0.15) is 5.82 Å². The second kappa shape index (κ2) is 11.3. The van der Waals surface area contributed by atoms with E-state index in [0.29, 0.717) is 18.4 Å². The van der Waals surface area contributed by atoms with Crippen LogP contribution in [0.25, 0.3) is 0 Å². The van der Waals surface area contributed by atoms with E-state index in [0.717, 1.165) is 24.8 Å². The summed E-state index contributed by atoms with van der Waals surface area (Å²) in [5.74, 6) is -1.07. The van der Waals surface area contributed by atoms with E-state index in [1.807, 2.05) is 0 Å². The summed E-state index contributed by atoms with van der Waals surface area (Å²) in [6, 6.07) is 11.4. The van der Waals surface area contributed by atoms with Crippen molar-refractivity contribution in [2.24, 2.45) is 5.92 Å². The van der Waals surface area contributed by atoms with Gasteiger partial charge in [-0.15, -0.1) is 0 Å². The minimum Gasteiger partial charge on any atom is -0.352 e. The zero-order valence-electron chi connectivity index (χ0n) is 19.9. The van der Waals surface area contributed by atoms with Gasteiger partial charge in [0.05, 0.1) is 10.8 Å². The Morgan fingerprint density at radius 2 is 1.83 bits per heavy atom. The molecular weight excluding hydrogens is 467 g/mol. The maximum Gasteiger partial charge on any atom is 0.327 e. The highest BCUT2D eigenvalue weighted by molar-refractivity contribution is 5.98. The molecule has 190 valence electrons. The number of amides is 4. The van der Waals surface area contributed by atoms with Crippen LogP contribution in [0, 0.1) is 21.8 Å². The van der Waals surface area contributed by atoms with Crippen molar-refractivity contribution in [2.75, 3.05) is 6.54 Å². The number of halogens is 1. The largest absolute Gasteiger partial charge is 0.352 e. The molecule has 0 spiro atoms. The molecule has 0 aromatic heterocycles. The SMILES string of the molecule is O=C(CCCN1C(=O)C2CCCCC2N(Cc2cccc([N+](=O)[O-])c2)C1=O)NCc1ccc(F)cc1. The Balaban J connectivity index is 1.38. The molecular formula is C26H29FN4O5. The van der Waals surface area contributed by atoms with Gasteiger partial charge in [-0.05, 0) is 42.5 Å². The van der Waals surface area contributed by atoms with Gasteiger partial charge in [0, 0.05) is 44.2 Å². The zero-order valence-corrected chi connectivity index (χ0v) is 19.9. The van der Waals surface area contributed by atoms with E-state index in [1.54, 1.807) is 29.2 Å². The van der Waals surface area contributed by atoms with Gasteiger partial charge in [-0.3, -0.25) is 24.6 Å². The van der Waals surface area contributed by atoms with E-state index in [1.165, 1.54) is 29.2 Å². The van der Waals surface area contributed by atoms with E-state index in [9.17, 15) is 28.9 Å². The van der Waals surface area contributed by atoms with E-state index < -0.39 is 11.0 Å². The average molecular weight is 497 g/mol. The number of urea groups is 1. The van der Waals surface area contributed by atoms with Crippen molar-refractivity contribution in [3.05, 3.63) is 75.6 Å². The second-order valence-electron chi connectivity index (χ2n) is 9.29. The molecule has 1 saturated carbocycles. The standard InChI is InChI=1S/C26H29FN4O5/c27-20-12-10-18(11-13-20)16-28-24(32)9-4-14-29-25(33)22-7-1-2-8-23(22)30(26(29)34)17-19-5-3-6-21(15-19)31(35)36/h3,5-6,10-13,15,22-23H,1-2,4,7-9,14,16-17H2,(H,28,32). The van der Waals surface area contributed by atoms with Crippen molar-refractivity contribution < 1.29 is 23.7 Å². The third-order valence-corrected chi connectivity index (χ3v) is 6.85. The van der Waals surface area contributed by atoms with Crippen LogP contribution in [-0.2, 0) is 22.7 Å². The van der Waals surface area contributed by atoms with E-state index in [2.05, 4.69) is 5.32 Å². The lowest BCUT2D eigenvalue weighted by Gasteiger charge is -2.47. The van der Waals surface area contributed by atoms with Gasteiger partial charge in [-0.1, -0.05) is 37.1 Å². The summed E-state index contributed by atoms with van der Waals surface area (Å²) in [5.41, 5.74) is 1.36. The molecule has 2 fully saturated rings. The number of rotatable bonds is 9. The van der Waals surface area contributed by atoms with Gasteiger partial charge in [0.25, 0.3) is 5.69 Å². The first-order chi connectivity index (χ1) is 17.3. The molecule has 9 nitrogen and oxygen atoms in total. The summed E-state index contributed by atoms with van der Waals surface area (Å²) in [7, 11) is 0. The van der Waals surface area contributed by atoms with Crippen molar-refractivity contribution in [1.29, 1.82) is 0 Å². The van der Waals surface area contributed by atoms with Crippen molar-refractivity contribution in [2.45, 2.75) is 57.7 Å². The van der Waals surface area contributed by atoms with E-state index in [4.69, 9.17) is 0 Å². The third-order valence-electron chi connectivity index (χ3n) is 6.85. The van der Waals surface area contributed by atoms with Crippen LogP contribution in [-0.4, -0.2) is 45.2 Å². The molecule has 36 heavy (non-hydrogen) atoms. The fourth-order valence-electron chi connectivity index (χ4n) is 5.01. The Labute approximate surface area is 208 Å². The lowest BCUT2D eigenvalue weighted by atomic mass is 9.81. The Morgan fingerprint density at radius 1 is 1.08 bits per heavy atom. The van der Waals surface area contributed by atoms with Gasteiger partial charge < -0.3 is 10.2 Å². The minimum atomic E-state index is -0.470. The Bertz CT molecular complexity index is 1140. The number of nitro benzene ring substituents is 1. The predicted molar refractivity (Wildman–Crippen MR) is 129 cm³/mol. The molecule has 2 aromatic carbocycles. The van der Waals surface area contributed by atoms with Crippen LogP contribution in [0.1, 0.15) is 49.7 Å². The number of carbonyl (C=O) groups excluding carboxylic acids is 3. The first kappa shape index (κ1) is 25.3. The number of imide groups is 1. The smallest absolute Gasteiger partial charge is 0.327 e. The number of hydrogen-bond acceptors (Lipinski definition) is 5. The summed E-state index contributed by atoms with van der Waals surface area (Å²) < 4.78 is 13.0. The summed E-state index contributed by atoms with van der Waals surface area (Å²) in [6.45, 7) is 0.571. The Morgan fingerprint density at radius 3 is 2.58 bits per heavy atom. The maximum atomic E-state index is 13.4. The molecule has 1 aliphatic heterocycles. The second-order valence-corrected chi connectivity index (χ2v) is 9.29. The zero-order chi connectivity index (χ0) is 25.7. The first-order valence-corrected chi connectivity index (χ1v) is 12.2. The number of nitro groups is 1. The maximum absolute atomic E-state index is 13.4. The van der Waals surface area contributed by atoms with Gasteiger partial charge in [-0.2, -0.15) is 0 Å². The predicted octanol–water partition coefficient (Wildman–Crippen LogP) is 4.15. The quantitative estimate of drug-likeness (QED) is 0.414. The molecule has 10 heteroatoms. The van der Waals surface area contributed by atoms with Crippen molar-refractivity contribution >= 4 is 23.5 Å². The summed E-state index contributed by atoms with van der Waals surface area (Å²) in [6.07, 6.45) is 3.69. The third kappa shape index (κ3) is 5.87. The highest BCUT2D eigenvalue weighted by atomic mass is 19.1. The molecule has 1 aliphatic carbocycles. The van der Waals surface area contributed by atoms with E-state index >= 15 is 0 Å². The lowest BCUT2D eigenvalue weighted by Crippen LogP contribution is -2.62. The number of nitrogens with zero attached hydrogens (tertiary/aromatic N) is 3. The van der Waals surface area contributed by atoms with Crippen LogP contribution in [0.5, 0.6) is 0 Å². The molecule has 0 bridgehead atoms. The number of non-ortho nitro benzene ring substituents is 1. The summed E-state index contributed by atoms with van der Waals surface area (Å²) >= 11 is 0. The number of nitrogens with one attached hydrogen (secondary N) is 1. The fourth-order valence-corrected chi connectivity index (χ4v) is 5.01. The Hall–Kier alpha value is -3.82. The molecule has 2 atom stereocenters. The highest BCUT2D eigenvalue weighted by Crippen LogP contribution is 2.35. The van der Waals surface area contributed by atoms with Gasteiger partial charge in [0.15, 0.2) is 0 Å². The highest BCUT2D eigenvalue weighted by Gasteiger charge is 2.46. The minimum absolute atomic E-state index is 0.0447. The van der Waals surface area contributed by atoms with Gasteiger partial charge >= 0.3 is 6.03 Å². The number of benzene rings is 2. The van der Waals surface area contributed by atoms with E-state index in [-0.39, 0.29) is 61.3 Å². The molecule has 2 aromatic rings. The fraction of sp³-hybridized carbons (Fsp3) is 0.423. The topological polar surface area (TPSA) is 113 Å². The molecule has 0 radical (unpaired) electrons. The monoisotopic (exact) mass is 496 g/mol. The molecule has 1 heterocycles. The van der Waals surface area contributed by atoms with Crippen LogP contribution in [0.15, 0.2) is 48.5 Å². The normalized spacial score (nSPS) is 19.7. The molecule has 2 unspecified atom stereocenters. The lowest BCUT2D eigenvalue weighted by molar-refractivity contribution is -0.384. The number of fused-ring (bicyclic) bond motifs is 1. The van der Waals surface area contributed by atoms with Crippen LogP contribution in [0.4, 0.5) is 14.9 Å². The Kier molecular flexibility index (Phi) is 7.92. The first-order valence-electron chi connectivity index (χ1n) is 12.2. The van der Waals surface area contributed by atoms with Crippen molar-refractivity contribution in [1.82, 2.24) is 15.1 Å². The molecule has 1 N–H and O–H groups in total. The molecule has 4 rings (SSSR count). The average Bonchev–Trinajstić information content (AvgIpc) is 2.88. The molecule has 2 aliphatic rings. The molecule has 4 amide bonds. The van der Waals surface area contributed by atoms with Crippen molar-refractivity contribution in [3.8, 4) is 0 Å². The summed E-state index contributed by atoms with van der Waals surface area (Å²) in [5, 5.41) is 13.9. The van der Waals surface area contributed by atoms with Crippen LogP contribution >= 0.6 is 0 Å². The van der Waals surface area contributed by atoms with Crippen molar-refractivity contribution in [3.63, 3.8) is 0 Å². The van der Waals surface area contributed by atoms with Crippen LogP contribution in [0.2, 0.25) is 0 Å². The number of carbonyl (C=O) groups is 3. The van der Waals surface area contributed by atoms with Crippen LogP contribution in [0.3, 0.4) is 0 Å². The van der Waals surface area contributed by atoms with Gasteiger partial charge in [-0.25, -0.2) is 9.18 Å². The van der Waals surface area contributed by atoms with Crippen LogP contribution < -0.4 is 5.32 Å².